The number of ether oxygens (including phenoxy) is 1. The molecule has 2 aromatic carbocycles. The van der Waals surface area contributed by atoms with Crippen molar-refractivity contribution in [2.24, 2.45) is 0 Å². The molecule has 0 unspecified atom stereocenters. The summed E-state index contributed by atoms with van der Waals surface area (Å²) in [6.45, 7) is 1.89. The summed E-state index contributed by atoms with van der Waals surface area (Å²) in [5, 5.41) is 11.9. The van der Waals surface area contributed by atoms with Crippen LogP contribution in [0.25, 0.3) is 27.8 Å². The lowest BCUT2D eigenvalue weighted by Crippen LogP contribution is -2.05. The summed E-state index contributed by atoms with van der Waals surface area (Å²) in [4.78, 5) is 16.7. The Bertz CT molecular complexity index is 1290. The van der Waals surface area contributed by atoms with E-state index in [-0.39, 0.29) is 6.61 Å². The van der Waals surface area contributed by atoms with Crippen LogP contribution < -0.4 is 0 Å². The smallest absolute Gasteiger partial charge is 0.338 e. The van der Waals surface area contributed by atoms with Crippen LogP contribution in [-0.4, -0.2) is 27.7 Å². The maximum atomic E-state index is 12.3. The Kier molecular flexibility index (Phi) is 6.69. The third kappa shape index (κ3) is 3.96. The lowest BCUT2D eigenvalue weighted by Gasteiger charge is -2.11. The number of benzene rings is 2. The number of furan rings is 1. The van der Waals surface area contributed by atoms with Crippen LogP contribution in [0.5, 0.6) is 0 Å². The highest BCUT2D eigenvalue weighted by atomic mass is 79.9. The van der Waals surface area contributed by atoms with Crippen LogP contribution in [0.2, 0.25) is 5.15 Å². The van der Waals surface area contributed by atoms with Crippen LogP contribution in [0, 0.1) is 0 Å². The lowest BCUT2D eigenvalue weighted by atomic mass is 10.0. The van der Waals surface area contributed by atoms with Crippen molar-refractivity contribution in [3.8, 4) is 17.0 Å². The molecule has 2 heterocycles. The number of aliphatic hydroxyl groups excluding tert-OH is 1. The Morgan fingerprint density at radius 1 is 1.25 bits per heavy atom. The van der Waals surface area contributed by atoms with Crippen LogP contribution in [0.3, 0.4) is 0 Å². The van der Waals surface area contributed by atoms with Gasteiger partial charge in [0, 0.05) is 28.4 Å². The standard InChI is InChI=1S/C24H22BrClN2O4/c1-3-4-9-20-27-23(26)19(13-29)28(20)14-10-11-16-18(12-14)22(25)32-21(16)15-7-5-6-8-17(15)24(30)31-2/h5-8,10-12,29H,3-4,9,13H2,1-2H3. The van der Waals surface area contributed by atoms with Crippen molar-refractivity contribution in [1.82, 2.24) is 9.55 Å². The van der Waals surface area contributed by atoms with Gasteiger partial charge in [-0.15, -0.1) is 0 Å². The van der Waals surface area contributed by atoms with E-state index in [0.717, 1.165) is 41.5 Å². The highest BCUT2D eigenvalue weighted by molar-refractivity contribution is 9.10. The molecule has 0 spiro atoms. The number of rotatable bonds is 7. The predicted molar refractivity (Wildman–Crippen MR) is 127 cm³/mol. The molecule has 4 aromatic rings. The maximum Gasteiger partial charge on any atom is 0.338 e. The summed E-state index contributed by atoms with van der Waals surface area (Å²) in [6, 6.07) is 13.0. The van der Waals surface area contributed by atoms with Gasteiger partial charge in [-0.1, -0.05) is 43.1 Å². The van der Waals surface area contributed by atoms with Crippen LogP contribution in [-0.2, 0) is 17.8 Å². The third-order valence-electron chi connectivity index (χ3n) is 5.38. The first-order valence-corrected chi connectivity index (χ1v) is 11.4. The van der Waals surface area contributed by atoms with E-state index in [1.807, 2.05) is 34.9 Å². The second kappa shape index (κ2) is 9.48. The van der Waals surface area contributed by atoms with Crippen molar-refractivity contribution in [3.05, 3.63) is 69.4 Å². The number of fused-ring (bicyclic) bond motifs is 1. The molecule has 8 heteroatoms. The summed E-state index contributed by atoms with van der Waals surface area (Å²) >= 11 is 9.83. The number of hydrogen-bond donors (Lipinski definition) is 1. The molecule has 0 atom stereocenters. The number of carbonyl (C=O) groups is 1. The molecule has 0 aliphatic rings. The number of aliphatic hydroxyl groups is 1. The highest BCUT2D eigenvalue weighted by Crippen LogP contribution is 2.39. The fourth-order valence-electron chi connectivity index (χ4n) is 3.82. The third-order valence-corrected chi connectivity index (χ3v) is 6.28. The molecule has 166 valence electrons. The summed E-state index contributed by atoms with van der Waals surface area (Å²) in [5.41, 5.74) is 2.44. The number of methoxy groups -OCH3 is 1. The molecule has 0 radical (unpaired) electrons. The Morgan fingerprint density at radius 3 is 2.75 bits per heavy atom. The van der Waals surface area contributed by atoms with Gasteiger partial charge in [-0.25, -0.2) is 9.78 Å². The fraction of sp³-hybridized carbons (Fsp3) is 0.250. The van der Waals surface area contributed by atoms with E-state index in [1.54, 1.807) is 12.1 Å². The van der Waals surface area contributed by atoms with E-state index in [2.05, 4.69) is 27.8 Å². The van der Waals surface area contributed by atoms with E-state index < -0.39 is 5.97 Å². The molecular weight excluding hydrogens is 496 g/mol. The Morgan fingerprint density at radius 2 is 2.03 bits per heavy atom. The van der Waals surface area contributed by atoms with Gasteiger partial charge < -0.3 is 14.3 Å². The largest absolute Gasteiger partial charge is 0.465 e. The molecule has 32 heavy (non-hydrogen) atoms. The minimum atomic E-state index is -0.431. The zero-order chi connectivity index (χ0) is 22.8. The number of nitrogens with zero attached hydrogens (tertiary/aromatic N) is 2. The lowest BCUT2D eigenvalue weighted by molar-refractivity contribution is 0.0601. The number of carbonyl (C=O) groups excluding carboxylic acids is 1. The number of aryl methyl sites for hydroxylation is 1. The van der Waals surface area contributed by atoms with Crippen molar-refractivity contribution in [2.75, 3.05) is 7.11 Å². The van der Waals surface area contributed by atoms with Crippen molar-refractivity contribution >= 4 is 44.3 Å². The number of hydrogen-bond acceptors (Lipinski definition) is 5. The molecule has 0 saturated heterocycles. The van der Waals surface area contributed by atoms with Gasteiger partial charge in [0.15, 0.2) is 9.82 Å². The molecular formula is C24H22BrClN2O4. The summed E-state index contributed by atoms with van der Waals surface area (Å²) in [5.74, 6) is 0.937. The number of imidazole rings is 1. The number of aromatic nitrogens is 2. The maximum absolute atomic E-state index is 12.3. The van der Waals surface area contributed by atoms with E-state index >= 15 is 0 Å². The first-order valence-electron chi connectivity index (χ1n) is 10.3. The van der Waals surface area contributed by atoms with Gasteiger partial charge in [0.1, 0.15) is 11.6 Å². The average Bonchev–Trinajstić information content (AvgIpc) is 3.32. The number of unbranched alkanes of at least 4 members (excludes halogenated alkanes) is 1. The summed E-state index contributed by atoms with van der Waals surface area (Å²) < 4.78 is 13.4. The first-order chi connectivity index (χ1) is 15.5. The molecule has 2 aromatic heterocycles. The van der Waals surface area contributed by atoms with Crippen LogP contribution in [0.1, 0.15) is 41.6 Å². The van der Waals surface area contributed by atoms with Gasteiger partial charge in [-0.2, -0.15) is 0 Å². The van der Waals surface area contributed by atoms with Crippen molar-refractivity contribution < 1.29 is 19.1 Å². The minimum absolute atomic E-state index is 0.222. The van der Waals surface area contributed by atoms with Gasteiger partial charge in [-0.05, 0) is 46.6 Å². The van der Waals surface area contributed by atoms with E-state index in [0.29, 0.717) is 32.4 Å². The van der Waals surface area contributed by atoms with Gasteiger partial charge in [0.2, 0.25) is 0 Å². The molecule has 1 N–H and O–H groups in total. The molecule has 0 saturated carbocycles. The van der Waals surface area contributed by atoms with Crippen LogP contribution in [0.4, 0.5) is 0 Å². The summed E-state index contributed by atoms with van der Waals surface area (Å²) in [7, 11) is 1.35. The molecule has 0 amide bonds. The molecule has 0 aliphatic heterocycles. The Balaban J connectivity index is 1.88. The molecule has 0 bridgehead atoms. The van der Waals surface area contributed by atoms with Crippen LogP contribution >= 0.6 is 27.5 Å². The first kappa shape index (κ1) is 22.6. The fourth-order valence-corrected chi connectivity index (χ4v) is 4.55. The molecule has 0 fully saturated rings. The predicted octanol–water partition coefficient (Wildman–Crippen LogP) is 6.32. The van der Waals surface area contributed by atoms with Crippen molar-refractivity contribution in [1.29, 1.82) is 0 Å². The van der Waals surface area contributed by atoms with Crippen molar-refractivity contribution in [3.63, 3.8) is 0 Å². The monoisotopic (exact) mass is 516 g/mol. The molecule has 0 aliphatic carbocycles. The number of esters is 1. The van der Waals surface area contributed by atoms with E-state index in [1.165, 1.54) is 7.11 Å². The topological polar surface area (TPSA) is 77.5 Å². The van der Waals surface area contributed by atoms with E-state index in [9.17, 15) is 9.90 Å². The highest BCUT2D eigenvalue weighted by Gasteiger charge is 2.22. The zero-order valence-corrected chi connectivity index (χ0v) is 20.0. The van der Waals surface area contributed by atoms with Gasteiger partial charge >= 0.3 is 5.97 Å². The zero-order valence-electron chi connectivity index (χ0n) is 17.7. The quantitative estimate of drug-likeness (QED) is 0.290. The van der Waals surface area contributed by atoms with Gasteiger partial charge in [-0.3, -0.25) is 4.57 Å². The Hall–Kier alpha value is -2.61. The van der Waals surface area contributed by atoms with Gasteiger partial charge in [0.05, 0.1) is 25.0 Å². The Labute approximate surface area is 198 Å². The second-order valence-electron chi connectivity index (χ2n) is 7.33. The average molecular weight is 518 g/mol. The van der Waals surface area contributed by atoms with E-state index in [4.69, 9.17) is 20.8 Å². The molecule has 4 rings (SSSR count). The number of halogens is 2. The van der Waals surface area contributed by atoms with Crippen molar-refractivity contribution in [2.45, 2.75) is 32.8 Å². The van der Waals surface area contributed by atoms with Crippen LogP contribution in [0.15, 0.2) is 51.6 Å². The molecule has 6 nitrogen and oxygen atoms in total. The normalized spacial score (nSPS) is 11.3. The SMILES string of the molecule is CCCCc1nc(Cl)c(CO)n1-c1ccc2c(-c3ccccc3C(=O)OC)oc(Br)c2c1. The van der Waals surface area contributed by atoms with Gasteiger partial charge in [0.25, 0.3) is 0 Å². The minimum Gasteiger partial charge on any atom is -0.465 e. The summed E-state index contributed by atoms with van der Waals surface area (Å²) in [6.07, 6.45) is 2.73. The second-order valence-corrected chi connectivity index (χ2v) is 8.41.